The van der Waals surface area contributed by atoms with Gasteiger partial charge in [-0.05, 0) is 30.7 Å². The zero-order valence-electron chi connectivity index (χ0n) is 16.6. The molecule has 6 nitrogen and oxygen atoms in total. The molecule has 0 spiro atoms. The highest BCUT2D eigenvalue weighted by Crippen LogP contribution is 2.30. The van der Waals surface area contributed by atoms with Gasteiger partial charge >= 0.3 is 0 Å². The number of benzene rings is 2. The van der Waals surface area contributed by atoms with Crippen molar-refractivity contribution in [3.8, 4) is 10.7 Å². The first-order chi connectivity index (χ1) is 14.7. The minimum atomic E-state index is -0.198. The van der Waals surface area contributed by atoms with E-state index in [0.717, 1.165) is 40.5 Å². The van der Waals surface area contributed by atoms with Gasteiger partial charge in [0.05, 0.1) is 23.3 Å². The van der Waals surface area contributed by atoms with Crippen molar-refractivity contribution in [2.45, 2.75) is 26.4 Å². The summed E-state index contributed by atoms with van der Waals surface area (Å²) in [6.07, 6.45) is 1.03. The number of amides is 1. The second-order valence-electron chi connectivity index (χ2n) is 7.16. The van der Waals surface area contributed by atoms with Gasteiger partial charge in [-0.1, -0.05) is 37.3 Å². The summed E-state index contributed by atoms with van der Waals surface area (Å²) in [7, 11) is 0. The summed E-state index contributed by atoms with van der Waals surface area (Å²) >= 11 is 1.50. The lowest BCUT2D eigenvalue weighted by Gasteiger charge is -2.07. The molecule has 5 rings (SSSR count). The van der Waals surface area contributed by atoms with Gasteiger partial charge in [-0.2, -0.15) is 0 Å². The van der Waals surface area contributed by atoms with Crippen LogP contribution in [0, 0.1) is 0 Å². The number of aromatic nitrogens is 4. The third-order valence-corrected chi connectivity index (χ3v) is 5.93. The fourth-order valence-electron chi connectivity index (χ4n) is 3.69. The van der Waals surface area contributed by atoms with Gasteiger partial charge in [0.1, 0.15) is 16.5 Å². The maximum Gasteiger partial charge on any atom is 0.271 e. The summed E-state index contributed by atoms with van der Waals surface area (Å²) in [5.74, 6) is 0.527. The minimum absolute atomic E-state index is 0.198. The molecule has 3 aromatic heterocycles. The molecule has 0 unspecified atom stereocenters. The average molecular weight is 416 g/mol. The Hall–Kier alpha value is -3.45. The monoisotopic (exact) mass is 415 g/mol. The van der Waals surface area contributed by atoms with E-state index >= 15 is 0 Å². The molecule has 0 atom stereocenters. The number of carbonyl (C=O) groups is 1. The molecule has 2 N–H and O–H groups in total. The largest absolute Gasteiger partial charge is 0.343 e. The van der Waals surface area contributed by atoms with Gasteiger partial charge in [0.15, 0.2) is 0 Å². The number of carbonyl (C=O) groups excluding carboxylic acids is 1. The highest BCUT2D eigenvalue weighted by molar-refractivity contribution is 7.13. The van der Waals surface area contributed by atoms with E-state index < -0.39 is 0 Å². The number of aryl methyl sites for hydroxylation is 1. The second kappa shape index (κ2) is 7.76. The first-order valence-corrected chi connectivity index (χ1v) is 10.9. The van der Waals surface area contributed by atoms with Crippen LogP contribution in [0.1, 0.15) is 29.7 Å². The molecule has 3 heterocycles. The molecule has 0 bridgehead atoms. The van der Waals surface area contributed by atoms with Crippen LogP contribution < -0.4 is 5.32 Å². The molecule has 0 aliphatic heterocycles. The SMILES string of the molecule is CCCn1c(-c2nc(C(=O)NCc3nc4ccccc4[nH]3)cs2)cc2ccccc21. The van der Waals surface area contributed by atoms with Crippen LogP contribution in [0.25, 0.3) is 32.6 Å². The Kier molecular flexibility index (Phi) is 4.80. The Morgan fingerprint density at radius 1 is 1.13 bits per heavy atom. The number of H-pyrrole nitrogens is 1. The van der Waals surface area contributed by atoms with Crippen molar-refractivity contribution in [1.29, 1.82) is 0 Å². The molecule has 0 saturated heterocycles. The van der Waals surface area contributed by atoms with Gasteiger partial charge in [-0.15, -0.1) is 11.3 Å². The van der Waals surface area contributed by atoms with E-state index in [4.69, 9.17) is 0 Å². The molecule has 30 heavy (non-hydrogen) atoms. The molecule has 0 fully saturated rings. The average Bonchev–Trinajstić information content (AvgIpc) is 3.49. The molecule has 0 radical (unpaired) electrons. The first-order valence-electron chi connectivity index (χ1n) is 9.99. The van der Waals surface area contributed by atoms with Crippen molar-refractivity contribution in [3.05, 3.63) is 71.5 Å². The Labute approximate surface area is 177 Å². The van der Waals surface area contributed by atoms with Crippen LogP contribution >= 0.6 is 11.3 Å². The van der Waals surface area contributed by atoms with Crippen molar-refractivity contribution in [2.75, 3.05) is 0 Å². The second-order valence-corrected chi connectivity index (χ2v) is 8.02. The fourth-order valence-corrected chi connectivity index (χ4v) is 4.52. The summed E-state index contributed by atoms with van der Waals surface area (Å²) in [6, 6.07) is 18.3. The van der Waals surface area contributed by atoms with Gasteiger partial charge in [0.25, 0.3) is 5.91 Å². The number of hydrogen-bond acceptors (Lipinski definition) is 4. The third-order valence-electron chi connectivity index (χ3n) is 5.07. The quantitative estimate of drug-likeness (QED) is 0.411. The molecule has 1 amide bonds. The topological polar surface area (TPSA) is 75.6 Å². The zero-order valence-corrected chi connectivity index (χ0v) is 17.4. The molecule has 0 saturated carbocycles. The zero-order chi connectivity index (χ0) is 20.5. The first kappa shape index (κ1) is 18.6. The van der Waals surface area contributed by atoms with Crippen LogP contribution in [0.15, 0.2) is 60.0 Å². The van der Waals surface area contributed by atoms with Crippen molar-refractivity contribution in [1.82, 2.24) is 24.8 Å². The summed E-state index contributed by atoms with van der Waals surface area (Å²) in [5.41, 5.74) is 4.53. The Balaban J connectivity index is 1.36. The smallest absolute Gasteiger partial charge is 0.271 e. The fraction of sp³-hybridized carbons (Fsp3) is 0.174. The van der Waals surface area contributed by atoms with Crippen molar-refractivity contribution in [2.24, 2.45) is 0 Å². The predicted molar refractivity (Wildman–Crippen MR) is 121 cm³/mol. The summed E-state index contributed by atoms with van der Waals surface area (Å²) in [4.78, 5) is 25.0. The number of nitrogens with zero attached hydrogens (tertiary/aromatic N) is 3. The molecule has 0 aliphatic carbocycles. The van der Waals surface area contributed by atoms with E-state index in [1.807, 2.05) is 35.7 Å². The van der Waals surface area contributed by atoms with E-state index in [-0.39, 0.29) is 5.91 Å². The number of nitrogens with one attached hydrogen (secondary N) is 2. The number of fused-ring (bicyclic) bond motifs is 2. The molecule has 150 valence electrons. The standard InChI is InChI=1S/C23H21N5OS/c1-2-11-28-19-10-6-3-7-15(19)12-20(28)23-27-18(14-30-23)22(29)24-13-21-25-16-8-4-5-9-17(16)26-21/h3-10,12,14H,2,11,13H2,1H3,(H,24,29)(H,25,26). The summed E-state index contributed by atoms with van der Waals surface area (Å²) < 4.78 is 2.28. The number of rotatable bonds is 6. The van der Waals surface area contributed by atoms with E-state index in [1.54, 1.807) is 0 Å². The predicted octanol–water partition coefficient (Wildman–Crippen LogP) is 4.98. The number of para-hydroxylation sites is 3. The van der Waals surface area contributed by atoms with Crippen LogP contribution in [0.4, 0.5) is 0 Å². The minimum Gasteiger partial charge on any atom is -0.343 e. The van der Waals surface area contributed by atoms with Gasteiger partial charge in [0, 0.05) is 22.8 Å². The molecule has 5 aromatic rings. The third kappa shape index (κ3) is 3.37. The van der Waals surface area contributed by atoms with Crippen LogP contribution in [0.5, 0.6) is 0 Å². The van der Waals surface area contributed by atoms with Gasteiger partial charge in [-0.3, -0.25) is 4.79 Å². The van der Waals surface area contributed by atoms with Crippen molar-refractivity contribution >= 4 is 39.2 Å². The Bertz CT molecular complexity index is 1310. The van der Waals surface area contributed by atoms with E-state index in [1.165, 1.54) is 22.2 Å². The van der Waals surface area contributed by atoms with Gasteiger partial charge in [0.2, 0.25) is 0 Å². The van der Waals surface area contributed by atoms with Crippen molar-refractivity contribution < 1.29 is 4.79 Å². The lowest BCUT2D eigenvalue weighted by Crippen LogP contribution is -2.23. The molecule has 2 aromatic carbocycles. The number of thiazole rings is 1. The van der Waals surface area contributed by atoms with Crippen LogP contribution in [-0.2, 0) is 13.1 Å². The maximum atomic E-state index is 12.6. The summed E-state index contributed by atoms with van der Waals surface area (Å²) in [5, 5.41) is 6.77. The van der Waals surface area contributed by atoms with Crippen LogP contribution in [-0.4, -0.2) is 25.4 Å². The van der Waals surface area contributed by atoms with Crippen LogP contribution in [0.3, 0.4) is 0 Å². The van der Waals surface area contributed by atoms with E-state index in [9.17, 15) is 4.79 Å². The summed E-state index contributed by atoms with van der Waals surface area (Å²) in [6.45, 7) is 3.41. The highest BCUT2D eigenvalue weighted by Gasteiger charge is 2.16. The number of imidazole rings is 1. The molecular formula is C23H21N5OS. The Morgan fingerprint density at radius 2 is 1.97 bits per heavy atom. The highest BCUT2D eigenvalue weighted by atomic mass is 32.1. The Morgan fingerprint density at radius 3 is 2.83 bits per heavy atom. The lowest BCUT2D eigenvalue weighted by atomic mass is 10.2. The van der Waals surface area contributed by atoms with Gasteiger partial charge < -0.3 is 14.9 Å². The van der Waals surface area contributed by atoms with E-state index in [2.05, 4.69) is 56.0 Å². The molecule has 7 heteroatoms. The molecule has 0 aliphatic rings. The maximum absolute atomic E-state index is 12.6. The van der Waals surface area contributed by atoms with Crippen molar-refractivity contribution in [3.63, 3.8) is 0 Å². The van der Waals surface area contributed by atoms with Crippen LogP contribution in [0.2, 0.25) is 0 Å². The number of aromatic amines is 1. The lowest BCUT2D eigenvalue weighted by molar-refractivity contribution is 0.0946. The normalized spacial score (nSPS) is 11.4. The molecular weight excluding hydrogens is 394 g/mol. The number of hydrogen-bond donors (Lipinski definition) is 2. The van der Waals surface area contributed by atoms with E-state index in [0.29, 0.717) is 12.2 Å². The van der Waals surface area contributed by atoms with Gasteiger partial charge in [-0.25, -0.2) is 9.97 Å².